The zero-order chi connectivity index (χ0) is 13.5. The summed E-state index contributed by atoms with van der Waals surface area (Å²) >= 11 is 1.99. The number of nitrogens with one attached hydrogen (secondary N) is 1. The zero-order valence-electron chi connectivity index (χ0n) is 12.5. The van der Waals surface area contributed by atoms with Gasteiger partial charge in [-0.25, -0.2) is 4.98 Å². The molecule has 1 fully saturated rings. The highest BCUT2D eigenvalue weighted by Gasteiger charge is 2.30. The van der Waals surface area contributed by atoms with E-state index in [1.54, 1.807) is 4.88 Å². The van der Waals surface area contributed by atoms with E-state index < -0.39 is 0 Å². The van der Waals surface area contributed by atoms with Gasteiger partial charge < -0.3 is 5.32 Å². The molecule has 0 saturated carbocycles. The van der Waals surface area contributed by atoms with Crippen molar-refractivity contribution in [3.8, 4) is 0 Å². The SMILES string of the molecule is CC(C)(C)C1CCc2nc(CC3CCCN3)sc2C1. The highest BCUT2D eigenvalue weighted by atomic mass is 32.1. The molecule has 2 heterocycles. The number of aryl methyl sites for hydroxylation is 1. The average Bonchev–Trinajstić information content (AvgIpc) is 2.95. The molecule has 2 aliphatic rings. The van der Waals surface area contributed by atoms with Crippen molar-refractivity contribution < 1.29 is 0 Å². The van der Waals surface area contributed by atoms with Crippen LogP contribution in [-0.2, 0) is 19.3 Å². The number of nitrogens with zero attached hydrogens (tertiary/aromatic N) is 1. The number of hydrogen-bond donors (Lipinski definition) is 1. The molecule has 1 aliphatic heterocycles. The summed E-state index contributed by atoms with van der Waals surface area (Å²) in [5, 5.41) is 4.96. The Hall–Kier alpha value is -0.410. The third kappa shape index (κ3) is 3.03. The summed E-state index contributed by atoms with van der Waals surface area (Å²) < 4.78 is 0. The molecule has 2 nitrogen and oxygen atoms in total. The van der Waals surface area contributed by atoms with Gasteiger partial charge in [0.2, 0.25) is 0 Å². The van der Waals surface area contributed by atoms with Gasteiger partial charge in [-0.1, -0.05) is 20.8 Å². The van der Waals surface area contributed by atoms with Crippen molar-refractivity contribution in [3.63, 3.8) is 0 Å². The zero-order valence-corrected chi connectivity index (χ0v) is 13.3. The van der Waals surface area contributed by atoms with Crippen LogP contribution < -0.4 is 5.32 Å². The summed E-state index contributed by atoms with van der Waals surface area (Å²) in [7, 11) is 0. The van der Waals surface area contributed by atoms with Crippen LogP contribution in [-0.4, -0.2) is 17.6 Å². The molecule has 0 radical (unpaired) electrons. The number of fused-ring (bicyclic) bond motifs is 1. The first kappa shape index (κ1) is 13.6. The molecule has 1 saturated heterocycles. The molecule has 1 N–H and O–H groups in total. The molecular weight excluding hydrogens is 252 g/mol. The van der Waals surface area contributed by atoms with Gasteiger partial charge in [0, 0.05) is 17.3 Å². The van der Waals surface area contributed by atoms with Gasteiger partial charge in [0.1, 0.15) is 0 Å². The molecule has 0 aromatic carbocycles. The molecule has 0 amide bonds. The summed E-state index contributed by atoms with van der Waals surface area (Å²) in [5.41, 5.74) is 1.85. The molecule has 1 aromatic rings. The van der Waals surface area contributed by atoms with Gasteiger partial charge in [-0.2, -0.15) is 0 Å². The minimum absolute atomic E-state index is 0.439. The van der Waals surface area contributed by atoms with Crippen LogP contribution in [0.15, 0.2) is 0 Å². The first-order valence-corrected chi connectivity index (χ1v) is 8.55. The van der Waals surface area contributed by atoms with E-state index in [1.807, 2.05) is 11.3 Å². The largest absolute Gasteiger partial charge is 0.314 e. The smallest absolute Gasteiger partial charge is 0.0946 e. The fourth-order valence-electron chi connectivity index (χ4n) is 3.40. The first-order valence-electron chi connectivity index (χ1n) is 7.73. The van der Waals surface area contributed by atoms with Gasteiger partial charge in [-0.15, -0.1) is 11.3 Å². The predicted molar refractivity (Wildman–Crippen MR) is 81.8 cm³/mol. The predicted octanol–water partition coefficient (Wildman–Crippen LogP) is 3.59. The molecular formula is C16H26N2S. The average molecular weight is 278 g/mol. The van der Waals surface area contributed by atoms with Gasteiger partial charge in [0.25, 0.3) is 0 Å². The van der Waals surface area contributed by atoms with Crippen LogP contribution in [0.4, 0.5) is 0 Å². The van der Waals surface area contributed by atoms with Crippen molar-refractivity contribution in [2.24, 2.45) is 11.3 Å². The van der Waals surface area contributed by atoms with E-state index in [9.17, 15) is 0 Å². The third-order valence-corrected chi connectivity index (χ3v) is 5.93. The summed E-state index contributed by atoms with van der Waals surface area (Å²) in [6.45, 7) is 8.34. The maximum atomic E-state index is 4.91. The van der Waals surface area contributed by atoms with Crippen LogP contribution in [0.3, 0.4) is 0 Å². The summed E-state index contributed by atoms with van der Waals surface area (Å²) in [5.74, 6) is 0.831. The molecule has 1 aliphatic carbocycles. The van der Waals surface area contributed by atoms with Crippen molar-refractivity contribution in [2.45, 2.75) is 65.3 Å². The van der Waals surface area contributed by atoms with Crippen LogP contribution >= 0.6 is 11.3 Å². The van der Waals surface area contributed by atoms with Gasteiger partial charge in [0.15, 0.2) is 0 Å². The van der Waals surface area contributed by atoms with Gasteiger partial charge in [-0.05, 0) is 50.0 Å². The molecule has 3 heteroatoms. The van der Waals surface area contributed by atoms with E-state index >= 15 is 0 Å². The Morgan fingerprint density at radius 1 is 1.32 bits per heavy atom. The van der Waals surface area contributed by atoms with Crippen LogP contribution in [0.5, 0.6) is 0 Å². The topological polar surface area (TPSA) is 24.9 Å². The van der Waals surface area contributed by atoms with Gasteiger partial charge in [0.05, 0.1) is 10.7 Å². The lowest BCUT2D eigenvalue weighted by Crippen LogP contribution is -2.26. The number of hydrogen-bond acceptors (Lipinski definition) is 3. The van der Waals surface area contributed by atoms with E-state index in [4.69, 9.17) is 4.98 Å². The van der Waals surface area contributed by atoms with Crippen molar-refractivity contribution in [1.82, 2.24) is 10.3 Å². The molecule has 1 aromatic heterocycles. The Bertz CT molecular complexity index is 438. The monoisotopic (exact) mass is 278 g/mol. The fourth-order valence-corrected chi connectivity index (χ4v) is 4.67. The summed E-state index contributed by atoms with van der Waals surface area (Å²) in [6.07, 6.45) is 7.59. The number of thiazole rings is 1. The van der Waals surface area contributed by atoms with Crippen LogP contribution in [0.1, 0.15) is 55.6 Å². The van der Waals surface area contributed by atoms with Crippen molar-refractivity contribution in [2.75, 3.05) is 6.54 Å². The van der Waals surface area contributed by atoms with E-state index in [1.165, 1.54) is 49.4 Å². The van der Waals surface area contributed by atoms with Crippen molar-refractivity contribution in [1.29, 1.82) is 0 Å². The van der Waals surface area contributed by atoms with E-state index in [-0.39, 0.29) is 0 Å². The molecule has 106 valence electrons. The Labute approximate surface area is 121 Å². The lowest BCUT2D eigenvalue weighted by Gasteiger charge is -2.33. The maximum Gasteiger partial charge on any atom is 0.0946 e. The second-order valence-corrected chi connectivity index (χ2v) is 8.45. The highest BCUT2D eigenvalue weighted by Crippen LogP contribution is 2.39. The molecule has 3 rings (SSSR count). The second kappa shape index (κ2) is 5.17. The fraction of sp³-hybridized carbons (Fsp3) is 0.812. The minimum Gasteiger partial charge on any atom is -0.314 e. The van der Waals surface area contributed by atoms with E-state index in [0.717, 1.165) is 12.3 Å². The first-order chi connectivity index (χ1) is 9.02. The summed E-state index contributed by atoms with van der Waals surface area (Å²) in [6, 6.07) is 0.686. The van der Waals surface area contributed by atoms with Crippen LogP contribution in [0.2, 0.25) is 0 Å². The van der Waals surface area contributed by atoms with Crippen LogP contribution in [0, 0.1) is 11.3 Å². The van der Waals surface area contributed by atoms with Gasteiger partial charge in [-0.3, -0.25) is 0 Å². The summed E-state index contributed by atoms with van der Waals surface area (Å²) in [4.78, 5) is 6.49. The standard InChI is InChI=1S/C16H26N2S/c1-16(2,3)11-6-7-13-14(9-11)19-15(18-13)10-12-5-4-8-17-12/h11-12,17H,4-10H2,1-3H3. The molecule has 0 spiro atoms. The van der Waals surface area contributed by atoms with Gasteiger partial charge >= 0.3 is 0 Å². The maximum absolute atomic E-state index is 4.91. The number of aromatic nitrogens is 1. The Balaban J connectivity index is 1.70. The lowest BCUT2D eigenvalue weighted by molar-refractivity contribution is 0.217. The quantitative estimate of drug-likeness (QED) is 0.894. The van der Waals surface area contributed by atoms with Crippen molar-refractivity contribution in [3.05, 3.63) is 15.6 Å². The molecule has 2 atom stereocenters. The highest BCUT2D eigenvalue weighted by molar-refractivity contribution is 7.11. The third-order valence-electron chi connectivity index (χ3n) is 4.79. The van der Waals surface area contributed by atoms with Crippen LogP contribution in [0.25, 0.3) is 0 Å². The van der Waals surface area contributed by atoms with Crippen molar-refractivity contribution >= 4 is 11.3 Å². The van der Waals surface area contributed by atoms with E-state index in [2.05, 4.69) is 26.1 Å². The second-order valence-electron chi connectivity index (χ2n) is 7.28. The Morgan fingerprint density at radius 2 is 2.16 bits per heavy atom. The van der Waals surface area contributed by atoms with E-state index in [0.29, 0.717) is 11.5 Å². The Morgan fingerprint density at radius 3 is 2.84 bits per heavy atom. The molecule has 0 bridgehead atoms. The lowest BCUT2D eigenvalue weighted by atomic mass is 9.73. The minimum atomic E-state index is 0.439. The number of rotatable bonds is 2. The normalized spacial score (nSPS) is 27.5. The Kier molecular flexibility index (Phi) is 3.69. The molecule has 2 unspecified atom stereocenters. The molecule has 19 heavy (non-hydrogen) atoms.